The SMILES string of the molecule is CO/N=C1/CCCc2c1ccc(OC)c2CCN1CCC(n2ccc3ccc(C(N)=O)cc32)CC1. The quantitative estimate of drug-likeness (QED) is 0.517. The van der Waals surface area contributed by atoms with Crippen LogP contribution in [0.15, 0.2) is 47.8 Å². The molecule has 184 valence electrons. The van der Waals surface area contributed by atoms with Gasteiger partial charge >= 0.3 is 0 Å². The number of fused-ring (bicyclic) bond motifs is 2. The monoisotopic (exact) mass is 474 g/mol. The molecular formula is C28H34N4O3. The van der Waals surface area contributed by atoms with E-state index in [0.29, 0.717) is 11.6 Å². The molecule has 1 aliphatic carbocycles. The van der Waals surface area contributed by atoms with Crippen molar-refractivity contribution < 1.29 is 14.4 Å². The van der Waals surface area contributed by atoms with Crippen molar-refractivity contribution in [2.45, 2.75) is 44.6 Å². The van der Waals surface area contributed by atoms with Crippen LogP contribution in [0.2, 0.25) is 0 Å². The lowest BCUT2D eigenvalue weighted by molar-refractivity contribution is 0.100. The molecule has 0 bridgehead atoms. The van der Waals surface area contributed by atoms with E-state index in [1.54, 1.807) is 20.3 Å². The Balaban J connectivity index is 1.27. The van der Waals surface area contributed by atoms with Gasteiger partial charge in [-0.3, -0.25) is 4.79 Å². The molecule has 0 saturated carbocycles. The summed E-state index contributed by atoms with van der Waals surface area (Å²) < 4.78 is 8.08. The normalized spacial score (nSPS) is 18.1. The first kappa shape index (κ1) is 23.4. The third kappa shape index (κ3) is 4.65. The topological polar surface area (TPSA) is 82.1 Å². The fourth-order valence-electron chi connectivity index (χ4n) is 5.78. The van der Waals surface area contributed by atoms with E-state index in [1.165, 1.54) is 16.7 Å². The second-order valence-electron chi connectivity index (χ2n) is 9.53. The average Bonchev–Trinajstić information content (AvgIpc) is 3.31. The van der Waals surface area contributed by atoms with E-state index < -0.39 is 0 Å². The Morgan fingerprint density at radius 1 is 1.11 bits per heavy atom. The van der Waals surface area contributed by atoms with Gasteiger partial charge in [0.25, 0.3) is 0 Å². The number of likely N-dealkylation sites (tertiary alicyclic amines) is 1. The van der Waals surface area contributed by atoms with Crippen molar-refractivity contribution in [1.29, 1.82) is 0 Å². The van der Waals surface area contributed by atoms with Crippen molar-refractivity contribution in [2.75, 3.05) is 33.9 Å². The maximum atomic E-state index is 11.7. The summed E-state index contributed by atoms with van der Waals surface area (Å²) in [5.74, 6) is 0.593. The Kier molecular flexibility index (Phi) is 6.77. The van der Waals surface area contributed by atoms with Gasteiger partial charge < -0.3 is 24.8 Å². The second-order valence-corrected chi connectivity index (χ2v) is 9.53. The first-order valence-corrected chi connectivity index (χ1v) is 12.5. The van der Waals surface area contributed by atoms with Crippen LogP contribution in [0.3, 0.4) is 0 Å². The van der Waals surface area contributed by atoms with Crippen LogP contribution >= 0.6 is 0 Å². The van der Waals surface area contributed by atoms with Crippen LogP contribution in [0.5, 0.6) is 5.75 Å². The van der Waals surface area contributed by atoms with Gasteiger partial charge in [-0.2, -0.15) is 0 Å². The number of hydrogen-bond donors (Lipinski definition) is 1. The fourth-order valence-corrected chi connectivity index (χ4v) is 5.78. The zero-order chi connectivity index (χ0) is 24.4. The van der Waals surface area contributed by atoms with Gasteiger partial charge in [-0.15, -0.1) is 0 Å². The molecule has 1 aliphatic heterocycles. The number of piperidine rings is 1. The lowest BCUT2D eigenvalue weighted by atomic mass is 9.85. The molecule has 3 aromatic rings. The highest BCUT2D eigenvalue weighted by Gasteiger charge is 2.25. The second kappa shape index (κ2) is 10.1. The third-order valence-electron chi connectivity index (χ3n) is 7.60. The molecule has 1 fully saturated rings. The van der Waals surface area contributed by atoms with Crippen molar-refractivity contribution >= 4 is 22.5 Å². The summed E-state index contributed by atoms with van der Waals surface area (Å²) >= 11 is 0. The number of carbonyl (C=O) groups excluding carboxylic acids is 1. The molecule has 35 heavy (non-hydrogen) atoms. The van der Waals surface area contributed by atoms with Crippen molar-refractivity contribution in [3.05, 3.63) is 64.8 Å². The first-order valence-electron chi connectivity index (χ1n) is 12.5. The van der Waals surface area contributed by atoms with E-state index in [4.69, 9.17) is 15.3 Å². The molecule has 1 saturated heterocycles. The van der Waals surface area contributed by atoms with Crippen LogP contribution in [-0.2, 0) is 17.7 Å². The molecular weight excluding hydrogens is 440 g/mol. The number of methoxy groups -OCH3 is 1. The fraction of sp³-hybridized carbons (Fsp3) is 0.429. The molecule has 0 spiro atoms. The van der Waals surface area contributed by atoms with Crippen LogP contribution in [0.25, 0.3) is 10.9 Å². The van der Waals surface area contributed by atoms with Gasteiger partial charge in [0.1, 0.15) is 12.9 Å². The summed E-state index contributed by atoms with van der Waals surface area (Å²) in [5, 5.41) is 5.43. The molecule has 2 aromatic carbocycles. The maximum absolute atomic E-state index is 11.7. The zero-order valence-corrected chi connectivity index (χ0v) is 20.6. The predicted molar refractivity (Wildman–Crippen MR) is 138 cm³/mol. The molecule has 2 heterocycles. The third-order valence-corrected chi connectivity index (χ3v) is 7.60. The number of nitrogens with two attached hydrogens (primary N) is 1. The zero-order valence-electron chi connectivity index (χ0n) is 20.6. The minimum absolute atomic E-state index is 0.381. The van der Waals surface area contributed by atoms with Crippen molar-refractivity contribution in [3.63, 3.8) is 0 Å². The van der Waals surface area contributed by atoms with Crippen LogP contribution in [0.1, 0.15) is 58.8 Å². The highest BCUT2D eigenvalue weighted by atomic mass is 16.6. The standard InChI is InChI=1S/C28H34N4O3/c1-34-27-9-8-23-22(4-3-5-25(23)30-35-2)24(27)13-16-31-14-11-21(12-15-31)32-17-10-19-6-7-20(28(29)33)18-26(19)32/h6-10,17-18,21H,3-5,11-16H2,1-2H3,(H2,29,33)/b30-25-. The number of amides is 1. The molecule has 7 heteroatoms. The Bertz CT molecular complexity index is 1250. The molecule has 2 N–H and O–H groups in total. The highest BCUT2D eigenvalue weighted by molar-refractivity contribution is 6.03. The molecule has 2 aliphatic rings. The van der Waals surface area contributed by atoms with Crippen LogP contribution in [0.4, 0.5) is 0 Å². The lowest BCUT2D eigenvalue weighted by Crippen LogP contribution is -2.36. The van der Waals surface area contributed by atoms with Crippen LogP contribution in [0, 0.1) is 0 Å². The molecule has 1 aromatic heterocycles. The number of rotatable bonds is 7. The summed E-state index contributed by atoms with van der Waals surface area (Å²) in [7, 11) is 3.37. The van der Waals surface area contributed by atoms with E-state index in [0.717, 1.165) is 80.5 Å². The van der Waals surface area contributed by atoms with Crippen molar-refractivity contribution in [2.24, 2.45) is 10.9 Å². The Hall–Kier alpha value is -3.32. The number of hydrogen-bond acceptors (Lipinski definition) is 5. The van der Waals surface area contributed by atoms with Crippen molar-refractivity contribution in [1.82, 2.24) is 9.47 Å². The van der Waals surface area contributed by atoms with Gasteiger partial charge in [-0.25, -0.2) is 0 Å². The number of primary amides is 1. The van der Waals surface area contributed by atoms with Gasteiger partial charge in [-0.05, 0) is 85.4 Å². The van der Waals surface area contributed by atoms with Gasteiger partial charge in [0.05, 0.1) is 12.8 Å². The number of benzene rings is 2. The van der Waals surface area contributed by atoms with E-state index in [1.807, 2.05) is 12.1 Å². The minimum atomic E-state index is -0.381. The summed E-state index contributed by atoms with van der Waals surface area (Å²) in [6.07, 6.45) is 8.37. The van der Waals surface area contributed by atoms with E-state index in [9.17, 15) is 4.79 Å². The largest absolute Gasteiger partial charge is 0.496 e. The van der Waals surface area contributed by atoms with Crippen LogP contribution in [-0.4, -0.2) is 54.9 Å². The molecule has 0 radical (unpaired) electrons. The van der Waals surface area contributed by atoms with E-state index in [-0.39, 0.29) is 5.91 Å². The number of oxime groups is 1. The number of nitrogens with zero attached hydrogens (tertiary/aromatic N) is 3. The number of carbonyl (C=O) groups is 1. The number of aromatic nitrogens is 1. The van der Waals surface area contributed by atoms with Gasteiger partial charge in [0, 0.05) is 48.5 Å². The van der Waals surface area contributed by atoms with E-state index >= 15 is 0 Å². The summed E-state index contributed by atoms with van der Waals surface area (Å²) in [4.78, 5) is 19.3. The first-order chi connectivity index (χ1) is 17.1. The molecule has 0 unspecified atom stereocenters. The molecule has 5 rings (SSSR count). The van der Waals surface area contributed by atoms with Crippen molar-refractivity contribution in [3.8, 4) is 5.75 Å². The van der Waals surface area contributed by atoms with Crippen LogP contribution < -0.4 is 10.5 Å². The molecule has 1 amide bonds. The lowest BCUT2D eigenvalue weighted by Gasteiger charge is -2.33. The smallest absolute Gasteiger partial charge is 0.248 e. The Morgan fingerprint density at radius 2 is 1.94 bits per heavy atom. The summed E-state index contributed by atoms with van der Waals surface area (Å²) in [5.41, 5.74) is 12.1. The maximum Gasteiger partial charge on any atom is 0.248 e. The summed E-state index contributed by atoms with van der Waals surface area (Å²) in [6, 6.07) is 12.5. The Morgan fingerprint density at radius 3 is 2.69 bits per heavy atom. The van der Waals surface area contributed by atoms with Gasteiger partial charge in [0.15, 0.2) is 0 Å². The van der Waals surface area contributed by atoms with Gasteiger partial charge in [0.2, 0.25) is 5.91 Å². The average molecular weight is 475 g/mol. The molecule has 7 nitrogen and oxygen atoms in total. The molecule has 0 atom stereocenters. The Labute approximate surface area is 206 Å². The number of ether oxygens (including phenoxy) is 1. The predicted octanol–water partition coefficient (Wildman–Crippen LogP) is 4.32. The van der Waals surface area contributed by atoms with E-state index in [2.05, 4.69) is 39.0 Å². The highest BCUT2D eigenvalue weighted by Crippen LogP contribution is 2.33. The van der Waals surface area contributed by atoms with Gasteiger partial charge in [-0.1, -0.05) is 11.2 Å². The summed E-state index contributed by atoms with van der Waals surface area (Å²) in [6.45, 7) is 3.11. The minimum Gasteiger partial charge on any atom is -0.496 e.